The quantitative estimate of drug-likeness (QED) is 0.315. The highest BCUT2D eigenvalue weighted by Gasteiger charge is 2.32. The topological polar surface area (TPSA) is 66.8 Å². The lowest BCUT2D eigenvalue weighted by Crippen LogP contribution is -2.39. The first-order valence-corrected chi connectivity index (χ1v) is 13.7. The van der Waals surface area contributed by atoms with E-state index in [0.29, 0.717) is 29.0 Å². The first-order chi connectivity index (χ1) is 17.8. The summed E-state index contributed by atoms with van der Waals surface area (Å²) in [6.45, 7) is 6.60. The summed E-state index contributed by atoms with van der Waals surface area (Å²) in [5.41, 5.74) is 2.82. The number of amides is 2. The van der Waals surface area contributed by atoms with Gasteiger partial charge in [0.2, 0.25) is 5.91 Å². The summed E-state index contributed by atoms with van der Waals surface area (Å²) in [5.74, 6) is 1.28. The monoisotopic (exact) mass is 580 g/mol. The van der Waals surface area contributed by atoms with Crippen LogP contribution in [0.1, 0.15) is 32.3 Å². The number of nitrogens with zero attached hydrogens (tertiary/aromatic N) is 3. The number of anilines is 1. The maximum atomic E-state index is 13.4. The van der Waals surface area contributed by atoms with E-state index in [1.165, 1.54) is 4.90 Å². The van der Waals surface area contributed by atoms with E-state index in [0.717, 1.165) is 52.6 Å². The molecule has 3 heterocycles. The molecular weight excluding hydrogens is 552 g/mol. The summed E-state index contributed by atoms with van der Waals surface area (Å²) < 4.78 is 8.40. The van der Waals surface area contributed by atoms with E-state index in [1.807, 2.05) is 71.1 Å². The summed E-state index contributed by atoms with van der Waals surface area (Å²) >= 11 is 9.05. The lowest BCUT2D eigenvalue weighted by atomic mass is 9.99. The Bertz CT molecular complexity index is 1390. The number of carbonyl (C=O) groups excluding carboxylic acids is 2. The van der Waals surface area contributed by atoms with Crippen molar-refractivity contribution in [3.05, 3.63) is 64.4 Å². The molecule has 1 aromatic heterocycles. The van der Waals surface area contributed by atoms with Crippen molar-refractivity contribution in [1.82, 2.24) is 14.8 Å². The number of hydrogen-bond donors (Lipinski definition) is 1. The number of carbonyl (C=O) groups is 2. The van der Waals surface area contributed by atoms with Crippen LogP contribution >= 0.6 is 28.1 Å². The van der Waals surface area contributed by atoms with Crippen LogP contribution in [0.25, 0.3) is 17.0 Å². The number of aromatic nitrogens is 1. The van der Waals surface area contributed by atoms with Crippen molar-refractivity contribution in [2.24, 2.45) is 5.92 Å². The molecule has 3 aromatic rings. The van der Waals surface area contributed by atoms with Crippen LogP contribution in [-0.2, 0) is 16.1 Å². The number of nitrogens with one attached hydrogen (secondary N) is 1. The second-order valence-corrected chi connectivity index (χ2v) is 10.8. The minimum Gasteiger partial charge on any atom is -0.494 e. The summed E-state index contributed by atoms with van der Waals surface area (Å²) in [6.07, 6.45) is 5.83. The van der Waals surface area contributed by atoms with Crippen LogP contribution in [0.4, 0.5) is 5.69 Å². The second-order valence-electron chi connectivity index (χ2n) is 9.49. The molecule has 0 atom stereocenters. The minimum absolute atomic E-state index is 0.115. The molecule has 0 aliphatic carbocycles. The summed E-state index contributed by atoms with van der Waals surface area (Å²) in [6, 6.07) is 13.2. The van der Waals surface area contributed by atoms with Gasteiger partial charge in [0.05, 0.1) is 12.3 Å². The first kappa shape index (κ1) is 25.5. The van der Waals surface area contributed by atoms with Gasteiger partial charge in [-0.1, -0.05) is 22.9 Å². The molecule has 7 nitrogen and oxygen atoms in total. The molecule has 192 valence electrons. The van der Waals surface area contributed by atoms with Crippen LogP contribution in [0.15, 0.2) is 58.8 Å². The molecule has 2 saturated heterocycles. The van der Waals surface area contributed by atoms with Gasteiger partial charge in [-0.15, -0.1) is 0 Å². The highest BCUT2D eigenvalue weighted by molar-refractivity contribution is 9.10. The molecule has 0 radical (unpaired) electrons. The Balaban J connectivity index is 1.43. The van der Waals surface area contributed by atoms with Gasteiger partial charge in [0.25, 0.3) is 5.91 Å². The molecule has 2 aliphatic heterocycles. The number of thiocarbonyl (C=S) groups is 1. The third-order valence-corrected chi connectivity index (χ3v) is 7.68. The molecule has 2 fully saturated rings. The molecule has 2 aromatic carbocycles. The Kier molecular flexibility index (Phi) is 7.35. The Morgan fingerprint density at radius 2 is 1.92 bits per heavy atom. The van der Waals surface area contributed by atoms with Crippen molar-refractivity contribution in [1.29, 1.82) is 0 Å². The van der Waals surface area contributed by atoms with Crippen molar-refractivity contribution in [3.8, 4) is 5.75 Å². The predicted molar refractivity (Wildman–Crippen MR) is 153 cm³/mol. The fraction of sp³-hybridized carbons (Fsp3) is 0.321. The number of benzene rings is 2. The number of likely N-dealkylation sites (tertiary alicyclic amines) is 1. The number of fused-ring (bicyclic) bond motifs is 1. The van der Waals surface area contributed by atoms with Gasteiger partial charge in [-0.25, -0.2) is 0 Å². The van der Waals surface area contributed by atoms with Crippen LogP contribution in [0, 0.1) is 5.92 Å². The van der Waals surface area contributed by atoms with Crippen LogP contribution in [-0.4, -0.2) is 46.1 Å². The van der Waals surface area contributed by atoms with Crippen molar-refractivity contribution >= 4 is 67.7 Å². The van der Waals surface area contributed by atoms with Crippen LogP contribution in [0.3, 0.4) is 0 Å². The molecule has 9 heteroatoms. The van der Waals surface area contributed by atoms with Gasteiger partial charge in [-0.05, 0) is 86.4 Å². The number of halogens is 1. The van der Waals surface area contributed by atoms with Gasteiger partial charge < -0.3 is 19.5 Å². The molecule has 1 N–H and O–H groups in total. The molecule has 0 spiro atoms. The number of hydrogen-bond acceptors (Lipinski definition) is 4. The largest absolute Gasteiger partial charge is 0.494 e. The molecule has 0 unspecified atom stereocenters. The summed E-state index contributed by atoms with van der Waals surface area (Å²) in [4.78, 5) is 29.9. The minimum atomic E-state index is -0.233. The van der Waals surface area contributed by atoms with Gasteiger partial charge in [0, 0.05) is 40.2 Å². The summed E-state index contributed by atoms with van der Waals surface area (Å²) in [5, 5.41) is 4.33. The lowest BCUT2D eigenvalue weighted by molar-refractivity contribution is -0.133. The van der Waals surface area contributed by atoms with E-state index < -0.39 is 0 Å². The third-order valence-electron chi connectivity index (χ3n) is 6.90. The lowest BCUT2D eigenvalue weighted by Gasteiger charge is -2.30. The van der Waals surface area contributed by atoms with E-state index in [2.05, 4.69) is 28.2 Å². The van der Waals surface area contributed by atoms with Crippen LogP contribution in [0.5, 0.6) is 5.75 Å². The van der Waals surface area contributed by atoms with Crippen molar-refractivity contribution in [2.75, 3.05) is 24.6 Å². The fourth-order valence-corrected chi connectivity index (χ4v) is 5.49. The highest BCUT2D eigenvalue weighted by Crippen LogP contribution is 2.30. The molecule has 37 heavy (non-hydrogen) atoms. The number of rotatable bonds is 6. The van der Waals surface area contributed by atoms with Gasteiger partial charge in [0.15, 0.2) is 5.11 Å². The van der Waals surface area contributed by atoms with Crippen molar-refractivity contribution < 1.29 is 14.3 Å². The van der Waals surface area contributed by atoms with Crippen molar-refractivity contribution in [3.63, 3.8) is 0 Å². The average Bonchev–Trinajstić information content (AvgIpc) is 3.35. The Labute approximate surface area is 230 Å². The predicted octanol–water partition coefficient (Wildman–Crippen LogP) is 5.32. The Morgan fingerprint density at radius 3 is 2.62 bits per heavy atom. The van der Waals surface area contributed by atoms with Gasteiger partial charge in [0.1, 0.15) is 18.0 Å². The maximum Gasteiger partial charge on any atom is 0.281 e. The van der Waals surface area contributed by atoms with Crippen LogP contribution in [0.2, 0.25) is 0 Å². The smallest absolute Gasteiger partial charge is 0.281 e. The van der Waals surface area contributed by atoms with E-state index >= 15 is 0 Å². The molecule has 5 rings (SSSR count). The normalized spacial score (nSPS) is 17.6. The standard InChI is InChI=1S/C28H29BrN4O3S/c1-3-36-22-7-5-21(6-8-22)33-27(35)24(30-28(33)37)14-19-16-32(25-9-4-20(29)15-23(19)25)17-26(34)31-12-10-18(2)11-13-31/h4-9,14-16,18H,3,10-13,17H2,1-2H3,(H,30,37)/b24-14-. The average molecular weight is 582 g/mol. The third kappa shape index (κ3) is 5.29. The second kappa shape index (κ2) is 10.7. The Hall–Kier alpha value is -3.17. The molecule has 0 saturated carbocycles. The summed E-state index contributed by atoms with van der Waals surface area (Å²) in [7, 11) is 0. The number of ether oxygens (including phenoxy) is 1. The van der Waals surface area contributed by atoms with Gasteiger partial charge >= 0.3 is 0 Å². The van der Waals surface area contributed by atoms with Gasteiger partial charge in [-0.2, -0.15) is 0 Å². The highest BCUT2D eigenvalue weighted by atomic mass is 79.9. The zero-order valence-electron chi connectivity index (χ0n) is 20.9. The molecule has 2 aliphatic rings. The molecule has 0 bridgehead atoms. The zero-order chi connectivity index (χ0) is 26.1. The van der Waals surface area contributed by atoms with E-state index in [4.69, 9.17) is 17.0 Å². The molecule has 2 amide bonds. The fourth-order valence-electron chi connectivity index (χ4n) is 4.83. The van der Waals surface area contributed by atoms with E-state index in [1.54, 1.807) is 0 Å². The van der Waals surface area contributed by atoms with Crippen molar-refractivity contribution in [2.45, 2.75) is 33.2 Å². The van der Waals surface area contributed by atoms with Crippen LogP contribution < -0.4 is 15.0 Å². The SMILES string of the molecule is CCOc1ccc(N2C(=O)/C(=C/c3cn(CC(=O)N4CCC(C)CC4)c4ccc(Br)cc34)NC2=S)cc1. The zero-order valence-corrected chi connectivity index (χ0v) is 23.3. The van der Waals surface area contributed by atoms with Gasteiger partial charge in [-0.3, -0.25) is 14.5 Å². The molecular formula is C28H29BrN4O3S. The van der Waals surface area contributed by atoms with E-state index in [9.17, 15) is 9.59 Å². The number of piperidine rings is 1. The Morgan fingerprint density at radius 1 is 1.19 bits per heavy atom. The van der Waals surface area contributed by atoms with E-state index in [-0.39, 0.29) is 18.4 Å². The first-order valence-electron chi connectivity index (χ1n) is 12.5. The maximum absolute atomic E-state index is 13.4.